The number of hydrogen-bond donors (Lipinski definition) is 2. The molecule has 120 valence electrons. The third kappa shape index (κ3) is 3.09. The van der Waals surface area contributed by atoms with Crippen LogP contribution in [0.3, 0.4) is 0 Å². The highest BCUT2D eigenvalue weighted by Crippen LogP contribution is 2.19. The van der Waals surface area contributed by atoms with Crippen LogP contribution < -0.4 is 5.32 Å². The largest absolute Gasteiger partial charge is 0.361 e. The normalized spacial score (nSPS) is 11.2. The molecule has 0 atom stereocenters. The molecule has 1 amide bonds. The van der Waals surface area contributed by atoms with E-state index < -0.39 is 0 Å². The number of amides is 1. The molecule has 0 aliphatic carbocycles. The van der Waals surface area contributed by atoms with Gasteiger partial charge in [-0.05, 0) is 36.4 Å². The summed E-state index contributed by atoms with van der Waals surface area (Å²) in [6, 6.07) is 11.5. The summed E-state index contributed by atoms with van der Waals surface area (Å²) in [6.45, 7) is 0. The van der Waals surface area contributed by atoms with Gasteiger partial charge in [0.2, 0.25) is 5.91 Å². The SMILES string of the molecule is O=C(CCSc1ccc2nncn2n1)Nc1ccc2[nH]ccc2c1. The van der Waals surface area contributed by atoms with Crippen LogP contribution in [-0.2, 0) is 4.79 Å². The van der Waals surface area contributed by atoms with E-state index in [1.54, 1.807) is 10.8 Å². The first-order valence-corrected chi connectivity index (χ1v) is 8.43. The number of fused-ring (bicyclic) bond motifs is 2. The Morgan fingerprint density at radius 3 is 3.17 bits per heavy atom. The fraction of sp³-hybridized carbons (Fsp3) is 0.125. The van der Waals surface area contributed by atoms with E-state index in [-0.39, 0.29) is 5.91 Å². The Morgan fingerprint density at radius 1 is 1.25 bits per heavy atom. The first kappa shape index (κ1) is 14.7. The summed E-state index contributed by atoms with van der Waals surface area (Å²) in [6.07, 6.45) is 3.85. The minimum Gasteiger partial charge on any atom is -0.361 e. The number of aromatic amines is 1. The second-order valence-electron chi connectivity index (χ2n) is 5.23. The molecule has 3 aromatic heterocycles. The highest BCUT2D eigenvalue weighted by atomic mass is 32.2. The summed E-state index contributed by atoms with van der Waals surface area (Å²) in [5.41, 5.74) is 2.57. The van der Waals surface area contributed by atoms with Gasteiger partial charge in [-0.15, -0.1) is 22.0 Å². The van der Waals surface area contributed by atoms with Crippen LogP contribution in [0, 0.1) is 0 Å². The standard InChI is InChI=1S/C16H14N6OS/c23-15(19-12-1-2-13-11(9-12)5-7-17-13)6-8-24-16-4-3-14-20-18-10-22(14)21-16/h1-5,7,9-10,17H,6,8H2,(H,19,23). The number of carbonyl (C=O) groups excluding carboxylic acids is 1. The minimum absolute atomic E-state index is 0.0113. The highest BCUT2D eigenvalue weighted by Gasteiger charge is 2.06. The van der Waals surface area contributed by atoms with E-state index in [0.29, 0.717) is 17.8 Å². The Bertz CT molecular complexity index is 1010. The number of anilines is 1. The number of benzene rings is 1. The molecule has 4 rings (SSSR count). The quantitative estimate of drug-likeness (QED) is 0.546. The molecular weight excluding hydrogens is 324 g/mol. The van der Waals surface area contributed by atoms with Gasteiger partial charge in [-0.3, -0.25) is 4.79 Å². The topological polar surface area (TPSA) is 88.0 Å². The smallest absolute Gasteiger partial charge is 0.225 e. The molecule has 0 spiro atoms. The van der Waals surface area contributed by atoms with Crippen LogP contribution in [0.1, 0.15) is 6.42 Å². The molecule has 3 heterocycles. The maximum absolute atomic E-state index is 12.1. The number of H-pyrrole nitrogens is 1. The zero-order valence-corrected chi connectivity index (χ0v) is 13.5. The van der Waals surface area contributed by atoms with Crippen molar-refractivity contribution in [1.29, 1.82) is 0 Å². The van der Waals surface area contributed by atoms with E-state index in [1.807, 2.05) is 42.6 Å². The fourth-order valence-electron chi connectivity index (χ4n) is 2.39. The van der Waals surface area contributed by atoms with Crippen LogP contribution in [0.15, 0.2) is 53.9 Å². The van der Waals surface area contributed by atoms with E-state index >= 15 is 0 Å². The third-order valence-electron chi connectivity index (χ3n) is 3.55. The lowest BCUT2D eigenvalue weighted by Gasteiger charge is -2.05. The number of hydrogen-bond acceptors (Lipinski definition) is 5. The lowest BCUT2D eigenvalue weighted by Crippen LogP contribution is -2.12. The molecule has 0 radical (unpaired) electrons. The fourth-order valence-corrected chi connectivity index (χ4v) is 3.20. The highest BCUT2D eigenvalue weighted by molar-refractivity contribution is 7.99. The van der Waals surface area contributed by atoms with Crippen LogP contribution in [0.25, 0.3) is 16.6 Å². The first-order valence-electron chi connectivity index (χ1n) is 7.45. The van der Waals surface area contributed by atoms with E-state index in [9.17, 15) is 4.79 Å². The summed E-state index contributed by atoms with van der Waals surface area (Å²) >= 11 is 1.53. The van der Waals surface area contributed by atoms with Crippen molar-refractivity contribution >= 4 is 39.9 Å². The molecule has 0 saturated heterocycles. The zero-order chi connectivity index (χ0) is 16.4. The van der Waals surface area contributed by atoms with Gasteiger partial charge in [0.1, 0.15) is 11.4 Å². The summed E-state index contributed by atoms with van der Waals surface area (Å²) in [7, 11) is 0. The van der Waals surface area contributed by atoms with Gasteiger partial charge < -0.3 is 10.3 Å². The number of aromatic nitrogens is 5. The Kier molecular flexibility index (Phi) is 3.87. The molecule has 0 aliphatic heterocycles. The van der Waals surface area contributed by atoms with Gasteiger partial charge in [-0.2, -0.15) is 9.61 Å². The molecule has 0 fully saturated rings. The summed E-state index contributed by atoms with van der Waals surface area (Å²) < 4.78 is 1.62. The molecule has 1 aromatic carbocycles. The van der Waals surface area contributed by atoms with E-state index in [1.165, 1.54) is 11.8 Å². The molecule has 24 heavy (non-hydrogen) atoms. The molecule has 0 unspecified atom stereocenters. The average Bonchev–Trinajstić information content (AvgIpc) is 3.22. The summed E-state index contributed by atoms with van der Waals surface area (Å²) in [4.78, 5) is 15.2. The Morgan fingerprint density at radius 2 is 2.21 bits per heavy atom. The van der Waals surface area contributed by atoms with Gasteiger partial charge >= 0.3 is 0 Å². The average molecular weight is 338 g/mol. The Labute approximate surface area is 141 Å². The van der Waals surface area contributed by atoms with Crippen LogP contribution in [0.2, 0.25) is 0 Å². The molecule has 8 heteroatoms. The molecule has 4 aromatic rings. The number of nitrogens with zero attached hydrogens (tertiary/aromatic N) is 4. The molecular formula is C16H14N6OS. The number of nitrogens with one attached hydrogen (secondary N) is 2. The van der Waals surface area contributed by atoms with E-state index in [4.69, 9.17) is 0 Å². The van der Waals surface area contributed by atoms with Crippen molar-refractivity contribution in [2.24, 2.45) is 0 Å². The number of carbonyl (C=O) groups is 1. The van der Waals surface area contributed by atoms with Crippen molar-refractivity contribution in [1.82, 2.24) is 24.8 Å². The summed E-state index contributed by atoms with van der Waals surface area (Å²) in [5.74, 6) is 0.640. The van der Waals surface area contributed by atoms with Crippen LogP contribution in [0.5, 0.6) is 0 Å². The van der Waals surface area contributed by atoms with Crippen molar-refractivity contribution in [2.45, 2.75) is 11.4 Å². The Hall–Kier alpha value is -2.87. The van der Waals surface area contributed by atoms with Gasteiger partial charge in [0.05, 0.1) is 0 Å². The van der Waals surface area contributed by atoms with Crippen molar-refractivity contribution < 1.29 is 4.79 Å². The predicted molar refractivity (Wildman–Crippen MR) is 93.1 cm³/mol. The van der Waals surface area contributed by atoms with Gasteiger partial charge in [-0.1, -0.05) is 0 Å². The molecule has 0 bridgehead atoms. The number of thioether (sulfide) groups is 1. The van der Waals surface area contributed by atoms with Crippen LogP contribution in [0.4, 0.5) is 5.69 Å². The monoisotopic (exact) mass is 338 g/mol. The molecule has 0 saturated carbocycles. The predicted octanol–water partition coefficient (Wildman–Crippen LogP) is 2.73. The molecule has 0 aliphatic rings. The second-order valence-corrected chi connectivity index (χ2v) is 6.35. The van der Waals surface area contributed by atoms with Crippen molar-refractivity contribution in [3.05, 3.63) is 48.9 Å². The van der Waals surface area contributed by atoms with Crippen molar-refractivity contribution in [3.63, 3.8) is 0 Å². The maximum atomic E-state index is 12.1. The molecule has 2 N–H and O–H groups in total. The van der Waals surface area contributed by atoms with Gasteiger partial charge in [-0.25, -0.2) is 0 Å². The van der Waals surface area contributed by atoms with E-state index in [0.717, 1.165) is 21.6 Å². The van der Waals surface area contributed by atoms with Crippen LogP contribution in [-0.4, -0.2) is 36.5 Å². The van der Waals surface area contributed by atoms with E-state index in [2.05, 4.69) is 25.6 Å². The number of rotatable bonds is 5. The first-order chi connectivity index (χ1) is 11.8. The van der Waals surface area contributed by atoms with Crippen LogP contribution >= 0.6 is 11.8 Å². The molecule has 7 nitrogen and oxygen atoms in total. The lowest BCUT2D eigenvalue weighted by atomic mass is 10.2. The van der Waals surface area contributed by atoms with Gasteiger partial charge in [0.25, 0.3) is 0 Å². The van der Waals surface area contributed by atoms with Gasteiger partial charge in [0, 0.05) is 35.0 Å². The Balaban J connectivity index is 1.32. The van der Waals surface area contributed by atoms with Gasteiger partial charge in [0.15, 0.2) is 5.65 Å². The summed E-state index contributed by atoms with van der Waals surface area (Å²) in [5, 5.41) is 16.9. The lowest BCUT2D eigenvalue weighted by molar-refractivity contribution is -0.115. The van der Waals surface area contributed by atoms with Crippen molar-refractivity contribution in [3.8, 4) is 0 Å². The third-order valence-corrected chi connectivity index (χ3v) is 4.48. The van der Waals surface area contributed by atoms with Crippen molar-refractivity contribution in [2.75, 3.05) is 11.1 Å². The minimum atomic E-state index is -0.0113. The second kappa shape index (κ2) is 6.32. The zero-order valence-electron chi connectivity index (χ0n) is 12.6. The maximum Gasteiger partial charge on any atom is 0.225 e.